The average molecular weight is 270 g/mol. The first kappa shape index (κ1) is 15.2. The van der Waals surface area contributed by atoms with Crippen LogP contribution in [0.3, 0.4) is 0 Å². The molecule has 19 heavy (non-hydrogen) atoms. The van der Waals surface area contributed by atoms with Crippen molar-refractivity contribution in [2.75, 3.05) is 32.9 Å². The van der Waals surface area contributed by atoms with Crippen molar-refractivity contribution in [2.45, 2.75) is 52.3 Å². The number of ether oxygens (including phenoxy) is 2. The van der Waals surface area contributed by atoms with Crippen molar-refractivity contribution in [2.24, 2.45) is 11.3 Å². The van der Waals surface area contributed by atoms with Crippen molar-refractivity contribution in [3.63, 3.8) is 0 Å². The second kappa shape index (κ2) is 6.53. The maximum absolute atomic E-state index is 5.78. The summed E-state index contributed by atoms with van der Waals surface area (Å²) in [7, 11) is 0. The van der Waals surface area contributed by atoms with Gasteiger partial charge in [0.15, 0.2) is 0 Å². The topological polar surface area (TPSA) is 42.5 Å². The monoisotopic (exact) mass is 270 g/mol. The Hall–Kier alpha value is -0.160. The lowest BCUT2D eigenvalue weighted by atomic mass is 9.64. The molecule has 0 spiro atoms. The highest BCUT2D eigenvalue weighted by atomic mass is 16.5. The summed E-state index contributed by atoms with van der Waals surface area (Å²) in [6, 6.07) is 1.09. The Bertz CT molecular complexity index is 283. The molecular weight excluding hydrogens is 240 g/mol. The molecule has 2 aliphatic rings. The van der Waals surface area contributed by atoms with Gasteiger partial charge in [0.05, 0.1) is 19.3 Å². The Kier molecular flexibility index (Phi) is 5.23. The number of rotatable bonds is 7. The van der Waals surface area contributed by atoms with Crippen LogP contribution in [0.5, 0.6) is 0 Å². The summed E-state index contributed by atoms with van der Waals surface area (Å²) in [6.45, 7) is 13.5. The Balaban J connectivity index is 1.74. The van der Waals surface area contributed by atoms with E-state index in [-0.39, 0.29) is 5.41 Å². The summed E-state index contributed by atoms with van der Waals surface area (Å²) in [6.07, 6.45) is 1.56. The van der Waals surface area contributed by atoms with Crippen LogP contribution in [-0.2, 0) is 9.47 Å². The van der Waals surface area contributed by atoms with E-state index in [2.05, 4.69) is 38.3 Å². The summed E-state index contributed by atoms with van der Waals surface area (Å²) in [5, 5.41) is 7.24. The molecule has 4 nitrogen and oxygen atoms in total. The number of nitrogens with one attached hydrogen (secondary N) is 2. The summed E-state index contributed by atoms with van der Waals surface area (Å²) >= 11 is 0. The minimum absolute atomic E-state index is 0.253. The highest BCUT2D eigenvalue weighted by molar-refractivity contribution is 5.03. The van der Waals surface area contributed by atoms with Crippen LogP contribution < -0.4 is 10.6 Å². The normalized spacial score (nSPS) is 37.3. The fourth-order valence-electron chi connectivity index (χ4n) is 3.30. The molecule has 2 rings (SSSR count). The van der Waals surface area contributed by atoms with Gasteiger partial charge < -0.3 is 20.1 Å². The van der Waals surface area contributed by atoms with Crippen LogP contribution in [0.2, 0.25) is 0 Å². The Morgan fingerprint density at radius 2 is 2.00 bits per heavy atom. The van der Waals surface area contributed by atoms with Gasteiger partial charge in [-0.05, 0) is 19.9 Å². The summed E-state index contributed by atoms with van der Waals surface area (Å²) in [5.41, 5.74) is 0.253. The van der Waals surface area contributed by atoms with Crippen molar-refractivity contribution < 1.29 is 9.47 Å². The van der Waals surface area contributed by atoms with Crippen LogP contribution in [0, 0.1) is 11.3 Å². The van der Waals surface area contributed by atoms with Crippen LogP contribution in [0.4, 0.5) is 0 Å². The lowest BCUT2D eigenvalue weighted by molar-refractivity contribution is -0.114. The third-order valence-electron chi connectivity index (χ3n) is 4.84. The molecule has 0 aromatic rings. The standard InChI is InChI=1S/C15H30N2O2/c1-5-16-12-10-18-9-11(12)8-17-13-7-14(19-6-2)15(13,3)4/h11-14,16-17H,5-10H2,1-4H3. The molecule has 1 saturated heterocycles. The van der Waals surface area contributed by atoms with E-state index in [4.69, 9.17) is 9.47 Å². The van der Waals surface area contributed by atoms with Crippen molar-refractivity contribution in [3.8, 4) is 0 Å². The number of likely N-dealkylation sites (N-methyl/N-ethyl adjacent to an activating group) is 1. The van der Waals surface area contributed by atoms with Gasteiger partial charge in [-0.15, -0.1) is 0 Å². The summed E-state index contributed by atoms with van der Waals surface area (Å²) < 4.78 is 11.4. The molecular formula is C15H30N2O2. The molecule has 4 heteroatoms. The molecule has 0 amide bonds. The molecule has 2 N–H and O–H groups in total. The lowest BCUT2D eigenvalue weighted by Crippen LogP contribution is -2.62. The molecule has 4 unspecified atom stereocenters. The third kappa shape index (κ3) is 3.30. The molecule has 1 aliphatic carbocycles. The minimum Gasteiger partial charge on any atom is -0.379 e. The van der Waals surface area contributed by atoms with Crippen LogP contribution in [0.15, 0.2) is 0 Å². The summed E-state index contributed by atoms with van der Waals surface area (Å²) in [4.78, 5) is 0. The Morgan fingerprint density at radius 1 is 1.21 bits per heavy atom. The highest BCUT2D eigenvalue weighted by Gasteiger charge is 2.48. The van der Waals surface area contributed by atoms with E-state index < -0.39 is 0 Å². The first-order chi connectivity index (χ1) is 9.09. The lowest BCUT2D eigenvalue weighted by Gasteiger charge is -2.52. The van der Waals surface area contributed by atoms with Gasteiger partial charge >= 0.3 is 0 Å². The first-order valence-electron chi connectivity index (χ1n) is 7.75. The Labute approximate surface area is 117 Å². The van der Waals surface area contributed by atoms with Crippen molar-refractivity contribution in [1.82, 2.24) is 10.6 Å². The largest absolute Gasteiger partial charge is 0.379 e. The molecule has 0 bridgehead atoms. The third-order valence-corrected chi connectivity index (χ3v) is 4.84. The van der Waals surface area contributed by atoms with Crippen molar-refractivity contribution in [3.05, 3.63) is 0 Å². The predicted molar refractivity (Wildman–Crippen MR) is 77.4 cm³/mol. The van der Waals surface area contributed by atoms with Crippen LogP contribution in [0.1, 0.15) is 34.1 Å². The zero-order chi connectivity index (χ0) is 13.9. The first-order valence-corrected chi connectivity index (χ1v) is 7.75. The van der Waals surface area contributed by atoms with Crippen LogP contribution in [-0.4, -0.2) is 51.1 Å². The van der Waals surface area contributed by atoms with E-state index in [0.717, 1.165) is 39.3 Å². The SMILES string of the molecule is CCNC1COCC1CNC1CC(OCC)C1(C)C. The molecule has 1 heterocycles. The molecule has 0 radical (unpaired) electrons. The summed E-state index contributed by atoms with van der Waals surface area (Å²) in [5.74, 6) is 0.599. The molecule has 1 saturated carbocycles. The molecule has 112 valence electrons. The molecule has 0 aromatic heterocycles. The van der Waals surface area contributed by atoms with Gasteiger partial charge in [-0.3, -0.25) is 0 Å². The van der Waals surface area contributed by atoms with Crippen molar-refractivity contribution in [1.29, 1.82) is 0 Å². The van der Waals surface area contributed by atoms with Crippen LogP contribution >= 0.6 is 0 Å². The van der Waals surface area contributed by atoms with Gasteiger partial charge in [0.1, 0.15) is 0 Å². The van der Waals surface area contributed by atoms with E-state index in [1.165, 1.54) is 0 Å². The maximum atomic E-state index is 5.78. The van der Waals surface area contributed by atoms with Crippen molar-refractivity contribution >= 4 is 0 Å². The fraction of sp³-hybridized carbons (Fsp3) is 1.00. The smallest absolute Gasteiger partial charge is 0.0655 e. The fourth-order valence-corrected chi connectivity index (χ4v) is 3.30. The molecule has 4 atom stereocenters. The predicted octanol–water partition coefficient (Wildman–Crippen LogP) is 1.40. The van der Waals surface area contributed by atoms with E-state index in [1.54, 1.807) is 0 Å². The highest BCUT2D eigenvalue weighted by Crippen LogP contribution is 2.42. The second-order valence-electron chi connectivity index (χ2n) is 6.42. The Morgan fingerprint density at radius 3 is 2.63 bits per heavy atom. The number of hydrogen-bond acceptors (Lipinski definition) is 4. The van der Waals surface area contributed by atoms with E-state index >= 15 is 0 Å². The van der Waals surface area contributed by atoms with Gasteiger partial charge in [0.2, 0.25) is 0 Å². The van der Waals surface area contributed by atoms with Gasteiger partial charge in [-0.1, -0.05) is 20.8 Å². The zero-order valence-corrected chi connectivity index (χ0v) is 12.9. The number of hydrogen-bond donors (Lipinski definition) is 2. The van der Waals surface area contributed by atoms with E-state index in [9.17, 15) is 0 Å². The quantitative estimate of drug-likeness (QED) is 0.734. The van der Waals surface area contributed by atoms with Gasteiger partial charge in [-0.2, -0.15) is 0 Å². The van der Waals surface area contributed by atoms with Crippen LogP contribution in [0.25, 0.3) is 0 Å². The maximum Gasteiger partial charge on any atom is 0.0655 e. The van der Waals surface area contributed by atoms with E-state index in [0.29, 0.717) is 24.1 Å². The average Bonchev–Trinajstić information content (AvgIpc) is 2.81. The zero-order valence-electron chi connectivity index (χ0n) is 12.9. The molecule has 2 fully saturated rings. The van der Waals surface area contributed by atoms with Gasteiger partial charge in [-0.25, -0.2) is 0 Å². The van der Waals surface area contributed by atoms with E-state index in [1.807, 2.05) is 0 Å². The molecule has 0 aromatic carbocycles. The minimum atomic E-state index is 0.253. The van der Waals surface area contributed by atoms with Gasteiger partial charge in [0.25, 0.3) is 0 Å². The molecule has 1 aliphatic heterocycles. The second-order valence-corrected chi connectivity index (χ2v) is 6.42. The van der Waals surface area contributed by atoms with Gasteiger partial charge in [0, 0.05) is 36.6 Å².